The van der Waals surface area contributed by atoms with Crippen LogP contribution in [0.15, 0.2) is 12.7 Å². The molecule has 0 spiro atoms. The Morgan fingerprint density at radius 1 is 1.29 bits per heavy atom. The standard InChI is InChI=1S/C14H30O2Si/c1-7-13(10-11-15)9-8-12-16-17(5,6)14(2,3)4/h7,13,15H,1,8-12H2,2-6H3. The summed E-state index contributed by atoms with van der Waals surface area (Å²) in [5.41, 5.74) is 0. The van der Waals surface area contributed by atoms with Crippen molar-refractivity contribution in [3.63, 3.8) is 0 Å². The molecule has 2 nitrogen and oxygen atoms in total. The number of aliphatic hydroxyl groups excluding tert-OH is 1. The van der Waals surface area contributed by atoms with Gasteiger partial charge in [0.2, 0.25) is 0 Å². The van der Waals surface area contributed by atoms with Crippen molar-refractivity contribution in [3.05, 3.63) is 12.7 Å². The van der Waals surface area contributed by atoms with Crippen molar-refractivity contribution in [3.8, 4) is 0 Å². The van der Waals surface area contributed by atoms with Gasteiger partial charge in [-0.25, -0.2) is 0 Å². The summed E-state index contributed by atoms with van der Waals surface area (Å²) in [5.74, 6) is 0.433. The summed E-state index contributed by atoms with van der Waals surface area (Å²) in [5, 5.41) is 9.18. The molecule has 0 aromatic heterocycles. The van der Waals surface area contributed by atoms with Crippen molar-refractivity contribution in [2.24, 2.45) is 5.92 Å². The molecule has 0 amide bonds. The first-order valence-electron chi connectivity index (χ1n) is 6.62. The molecule has 0 saturated heterocycles. The van der Waals surface area contributed by atoms with Crippen molar-refractivity contribution in [2.45, 2.75) is 58.2 Å². The lowest BCUT2D eigenvalue weighted by Crippen LogP contribution is -2.41. The second kappa shape index (κ2) is 7.34. The first kappa shape index (κ1) is 16.9. The van der Waals surface area contributed by atoms with E-state index in [4.69, 9.17) is 9.53 Å². The van der Waals surface area contributed by atoms with Gasteiger partial charge in [-0.05, 0) is 43.3 Å². The van der Waals surface area contributed by atoms with Crippen LogP contribution in [0.25, 0.3) is 0 Å². The van der Waals surface area contributed by atoms with Crippen LogP contribution in [0.2, 0.25) is 18.1 Å². The van der Waals surface area contributed by atoms with Gasteiger partial charge in [-0.15, -0.1) is 6.58 Å². The third-order valence-corrected chi connectivity index (χ3v) is 8.36. The first-order valence-corrected chi connectivity index (χ1v) is 9.53. The highest BCUT2D eigenvalue weighted by atomic mass is 28.4. The summed E-state index contributed by atoms with van der Waals surface area (Å²) in [7, 11) is -1.58. The minimum absolute atomic E-state index is 0.250. The molecule has 1 unspecified atom stereocenters. The van der Waals surface area contributed by atoms with Crippen LogP contribution in [0.4, 0.5) is 0 Å². The lowest BCUT2D eigenvalue weighted by molar-refractivity contribution is 0.247. The van der Waals surface area contributed by atoms with Gasteiger partial charge < -0.3 is 9.53 Å². The van der Waals surface area contributed by atoms with Gasteiger partial charge in [0.15, 0.2) is 8.32 Å². The first-order chi connectivity index (χ1) is 7.74. The summed E-state index contributed by atoms with van der Waals surface area (Å²) in [4.78, 5) is 0. The van der Waals surface area contributed by atoms with Gasteiger partial charge in [0, 0.05) is 13.2 Å². The average molecular weight is 258 g/mol. The van der Waals surface area contributed by atoms with Crippen LogP contribution < -0.4 is 0 Å². The summed E-state index contributed by atoms with van der Waals surface area (Å²) < 4.78 is 6.11. The predicted molar refractivity (Wildman–Crippen MR) is 77.8 cm³/mol. The molecule has 0 aliphatic heterocycles. The van der Waals surface area contributed by atoms with Gasteiger partial charge in [0.05, 0.1) is 0 Å². The molecule has 0 saturated carbocycles. The van der Waals surface area contributed by atoms with Crippen LogP contribution in [0.3, 0.4) is 0 Å². The Kier molecular flexibility index (Phi) is 7.29. The third kappa shape index (κ3) is 6.39. The second-order valence-electron chi connectivity index (χ2n) is 6.26. The van der Waals surface area contributed by atoms with Crippen LogP contribution in [-0.2, 0) is 4.43 Å². The zero-order valence-corrected chi connectivity index (χ0v) is 13.3. The van der Waals surface area contributed by atoms with Crippen LogP contribution in [0.5, 0.6) is 0 Å². The van der Waals surface area contributed by atoms with Crippen LogP contribution in [-0.4, -0.2) is 26.6 Å². The van der Waals surface area contributed by atoms with Gasteiger partial charge in [-0.2, -0.15) is 0 Å². The normalized spacial score (nSPS) is 14.7. The van der Waals surface area contributed by atoms with Crippen LogP contribution in [0.1, 0.15) is 40.0 Å². The molecule has 0 bridgehead atoms. The summed E-state index contributed by atoms with van der Waals surface area (Å²) in [6.45, 7) is 16.2. The van der Waals surface area contributed by atoms with Gasteiger partial charge >= 0.3 is 0 Å². The minimum atomic E-state index is -1.58. The maximum atomic E-state index is 8.89. The zero-order valence-electron chi connectivity index (χ0n) is 12.3. The lowest BCUT2D eigenvalue weighted by atomic mass is 10.0. The monoisotopic (exact) mass is 258 g/mol. The fourth-order valence-corrected chi connectivity index (χ4v) is 2.52. The molecule has 17 heavy (non-hydrogen) atoms. The Bertz CT molecular complexity index is 219. The topological polar surface area (TPSA) is 29.5 Å². The van der Waals surface area contributed by atoms with Crippen LogP contribution >= 0.6 is 0 Å². The molecule has 0 aromatic carbocycles. The Hall–Kier alpha value is -0.123. The zero-order chi connectivity index (χ0) is 13.5. The largest absolute Gasteiger partial charge is 0.417 e. The molecular weight excluding hydrogens is 228 g/mol. The van der Waals surface area contributed by atoms with E-state index in [9.17, 15) is 0 Å². The maximum absolute atomic E-state index is 8.89. The van der Waals surface area contributed by atoms with E-state index < -0.39 is 8.32 Å². The van der Waals surface area contributed by atoms with E-state index in [0.717, 1.165) is 25.9 Å². The number of aliphatic hydroxyl groups is 1. The molecule has 0 aromatic rings. The molecule has 0 radical (unpaired) electrons. The SMILES string of the molecule is C=CC(CCO)CCCO[Si](C)(C)C(C)(C)C. The molecule has 3 heteroatoms. The smallest absolute Gasteiger partial charge is 0.191 e. The van der Waals surface area contributed by atoms with Gasteiger partial charge in [0.1, 0.15) is 0 Å². The van der Waals surface area contributed by atoms with Crippen LogP contribution in [0, 0.1) is 5.92 Å². The predicted octanol–water partition coefficient (Wildman–Crippen LogP) is 3.97. The molecule has 0 rings (SSSR count). The molecule has 0 aliphatic rings. The summed E-state index contributed by atoms with van der Waals surface area (Å²) in [6, 6.07) is 0. The van der Waals surface area contributed by atoms with E-state index in [1.807, 2.05) is 6.08 Å². The molecule has 102 valence electrons. The third-order valence-electron chi connectivity index (χ3n) is 3.82. The average Bonchev–Trinajstić information content (AvgIpc) is 2.21. The van der Waals surface area contributed by atoms with E-state index in [-0.39, 0.29) is 11.6 Å². The van der Waals surface area contributed by atoms with Crippen molar-refractivity contribution in [1.29, 1.82) is 0 Å². The summed E-state index contributed by atoms with van der Waals surface area (Å²) in [6.07, 6.45) is 4.90. The Balaban J connectivity index is 3.88. The number of hydrogen-bond acceptors (Lipinski definition) is 2. The van der Waals surface area contributed by atoms with Crippen molar-refractivity contribution in [1.82, 2.24) is 0 Å². The highest BCUT2D eigenvalue weighted by Gasteiger charge is 2.36. The fourth-order valence-electron chi connectivity index (χ4n) is 1.44. The molecule has 0 heterocycles. The minimum Gasteiger partial charge on any atom is -0.417 e. The Labute approximate surface area is 108 Å². The summed E-state index contributed by atoms with van der Waals surface area (Å²) >= 11 is 0. The van der Waals surface area contributed by atoms with E-state index in [0.29, 0.717) is 5.92 Å². The van der Waals surface area contributed by atoms with Crippen molar-refractivity contribution < 1.29 is 9.53 Å². The van der Waals surface area contributed by atoms with Gasteiger partial charge in [-0.1, -0.05) is 26.8 Å². The number of allylic oxidation sites excluding steroid dienone is 1. The van der Waals surface area contributed by atoms with E-state index in [2.05, 4.69) is 40.4 Å². The number of rotatable bonds is 8. The molecular formula is C14H30O2Si. The van der Waals surface area contributed by atoms with Crippen molar-refractivity contribution in [2.75, 3.05) is 13.2 Å². The molecule has 1 atom stereocenters. The highest BCUT2D eigenvalue weighted by molar-refractivity contribution is 6.74. The quantitative estimate of drug-likeness (QED) is 0.405. The van der Waals surface area contributed by atoms with Crippen molar-refractivity contribution >= 4 is 8.32 Å². The maximum Gasteiger partial charge on any atom is 0.191 e. The Morgan fingerprint density at radius 3 is 2.29 bits per heavy atom. The lowest BCUT2D eigenvalue weighted by Gasteiger charge is -2.36. The molecule has 1 N–H and O–H groups in total. The van der Waals surface area contributed by atoms with E-state index in [1.54, 1.807) is 0 Å². The second-order valence-corrected chi connectivity index (χ2v) is 11.1. The molecule has 0 fully saturated rings. The van der Waals surface area contributed by atoms with Gasteiger partial charge in [0.25, 0.3) is 0 Å². The van der Waals surface area contributed by atoms with E-state index >= 15 is 0 Å². The number of hydrogen-bond donors (Lipinski definition) is 1. The van der Waals surface area contributed by atoms with Gasteiger partial charge in [-0.3, -0.25) is 0 Å². The molecule has 0 aliphatic carbocycles. The fraction of sp³-hybridized carbons (Fsp3) is 0.857. The Morgan fingerprint density at radius 2 is 1.88 bits per heavy atom. The van der Waals surface area contributed by atoms with E-state index in [1.165, 1.54) is 0 Å². The highest BCUT2D eigenvalue weighted by Crippen LogP contribution is 2.36.